The highest BCUT2D eigenvalue weighted by Crippen LogP contribution is 2.21. The fourth-order valence-corrected chi connectivity index (χ4v) is 3.18. The lowest BCUT2D eigenvalue weighted by Gasteiger charge is -2.10. The van der Waals surface area contributed by atoms with E-state index < -0.39 is 0 Å². The van der Waals surface area contributed by atoms with E-state index in [1.807, 2.05) is 48.5 Å². The number of fused-ring (bicyclic) bond motifs is 1. The lowest BCUT2D eigenvalue weighted by atomic mass is 10.1. The van der Waals surface area contributed by atoms with Gasteiger partial charge in [-0.1, -0.05) is 36.4 Å². The van der Waals surface area contributed by atoms with Crippen molar-refractivity contribution in [3.05, 3.63) is 54.1 Å². The van der Waals surface area contributed by atoms with E-state index in [0.29, 0.717) is 13.0 Å². The zero-order valence-corrected chi connectivity index (χ0v) is 14.0. The van der Waals surface area contributed by atoms with Crippen LogP contribution in [0.2, 0.25) is 0 Å². The zero-order valence-electron chi connectivity index (χ0n) is 14.0. The molecule has 25 heavy (non-hydrogen) atoms. The summed E-state index contributed by atoms with van der Waals surface area (Å²) in [6.45, 7) is 1.41. The smallest absolute Gasteiger partial charge is 0.224 e. The molecule has 4 rings (SSSR count). The summed E-state index contributed by atoms with van der Waals surface area (Å²) in [6, 6.07) is 15.9. The fourth-order valence-electron chi connectivity index (χ4n) is 3.18. The number of aromatic amines is 1. The predicted octanol–water partition coefficient (Wildman–Crippen LogP) is 3.07. The van der Waals surface area contributed by atoms with Gasteiger partial charge in [-0.25, -0.2) is 4.98 Å². The number of imidazole rings is 1. The molecule has 0 saturated carbocycles. The van der Waals surface area contributed by atoms with E-state index in [0.717, 1.165) is 47.4 Å². The molecular weight excluding hydrogens is 314 g/mol. The maximum atomic E-state index is 12.1. The quantitative estimate of drug-likeness (QED) is 0.753. The van der Waals surface area contributed by atoms with Crippen molar-refractivity contribution in [1.29, 1.82) is 0 Å². The van der Waals surface area contributed by atoms with Crippen molar-refractivity contribution in [2.24, 2.45) is 0 Å². The molecule has 0 aliphatic carbocycles. The topological polar surface area (TPSA) is 67.0 Å². The largest absolute Gasteiger partial charge is 0.376 e. The van der Waals surface area contributed by atoms with Crippen LogP contribution < -0.4 is 5.32 Å². The molecule has 2 aromatic carbocycles. The van der Waals surface area contributed by atoms with Gasteiger partial charge in [0.15, 0.2) is 0 Å². The van der Waals surface area contributed by atoms with Gasteiger partial charge in [-0.3, -0.25) is 4.79 Å². The number of rotatable bonds is 5. The van der Waals surface area contributed by atoms with Crippen molar-refractivity contribution in [1.82, 2.24) is 15.3 Å². The minimum Gasteiger partial charge on any atom is -0.376 e. The standard InChI is InChI=1S/C20H21N3O2/c24-19(21-13-16-7-4-10-25-16)12-14-8-9-17-18(11-14)23-20(22-17)15-5-2-1-3-6-15/h1-3,5-6,8-9,11,16H,4,7,10,12-13H2,(H,21,24)(H,22,23). The molecule has 1 aliphatic rings. The summed E-state index contributed by atoms with van der Waals surface area (Å²) in [5.74, 6) is 0.869. The van der Waals surface area contributed by atoms with Gasteiger partial charge in [0.1, 0.15) is 5.82 Å². The molecule has 1 unspecified atom stereocenters. The predicted molar refractivity (Wildman–Crippen MR) is 97.2 cm³/mol. The Labute approximate surface area is 146 Å². The molecule has 0 spiro atoms. The molecule has 3 aromatic rings. The van der Waals surface area contributed by atoms with E-state index in [1.165, 1.54) is 0 Å². The van der Waals surface area contributed by atoms with Gasteiger partial charge in [-0.15, -0.1) is 0 Å². The van der Waals surface area contributed by atoms with E-state index >= 15 is 0 Å². The lowest BCUT2D eigenvalue weighted by molar-refractivity contribution is -0.120. The van der Waals surface area contributed by atoms with Crippen LogP contribution in [0.4, 0.5) is 0 Å². The molecule has 2 heterocycles. The zero-order chi connectivity index (χ0) is 17.1. The summed E-state index contributed by atoms with van der Waals surface area (Å²) in [4.78, 5) is 20.1. The minimum atomic E-state index is 0.0256. The molecule has 0 bridgehead atoms. The van der Waals surface area contributed by atoms with Crippen LogP contribution in [0.5, 0.6) is 0 Å². The number of H-pyrrole nitrogens is 1. The van der Waals surface area contributed by atoms with Crippen molar-refractivity contribution in [2.75, 3.05) is 13.2 Å². The number of carbonyl (C=O) groups excluding carboxylic acids is 1. The van der Waals surface area contributed by atoms with E-state index in [9.17, 15) is 4.79 Å². The van der Waals surface area contributed by atoms with Crippen LogP contribution >= 0.6 is 0 Å². The second-order valence-electron chi connectivity index (χ2n) is 6.42. The van der Waals surface area contributed by atoms with Gasteiger partial charge in [0, 0.05) is 18.7 Å². The van der Waals surface area contributed by atoms with Crippen LogP contribution in [0.1, 0.15) is 18.4 Å². The summed E-state index contributed by atoms with van der Waals surface area (Å²) in [6.07, 6.45) is 2.65. The Hall–Kier alpha value is -2.66. The lowest BCUT2D eigenvalue weighted by Crippen LogP contribution is -2.32. The monoisotopic (exact) mass is 335 g/mol. The third-order valence-electron chi connectivity index (χ3n) is 4.51. The molecule has 1 aliphatic heterocycles. The first-order valence-electron chi connectivity index (χ1n) is 8.70. The third-order valence-corrected chi connectivity index (χ3v) is 4.51. The second-order valence-corrected chi connectivity index (χ2v) is 6.42. The number of benzene rings is 2. The molecule has 1 saturated heterocycles. The van der Waals surface area contributed by atoms with Crippen molar-refractivity contribution in [3.63, 3.8) is 0 Å². The van der Waals surface area contributed by atoms with E-state index in [4.69, 9.17) is 4.74 Å². The minimum absolute atomic E-state index is 0.0256. The number of nitrogens with one attached hydrogen (secondary N) is 2. The number of amides is 1. The van der Waals surface area contributed by atoms with Gasteiger partial charge in [0.2, 0.25) is 5.91 Å². The van der Waals surface area contributed by atoms with Crippen LogP contribution in [-0.4, -0.2) is 35.1 Å². The average molecular weight is 335 g/mol. The van der Waals surface area contributed by atoms with E-state index in [1.54, 1.807) is 0 Å². The van der Waals surface area contributed by atoms with Crippen LogP contribution in [0.15, 0.2) is 48.5 Å². The maximum Gasteiger partial charge on any atom is 0.224 e. The number of hydrogen-bond donors (Lipinski definition) is 2. The molecule has 1 fully saturated rings. The Morgan fingerprint density at radius 1 is 1.24 bits per heavy atom. The average Bonchev–Trinajstić information content (AvgIpc) is 3.30. The van der Waals surface area contributed by atoms with Gasteiger partial charge in [0.25, 0.3) is 0 Å². The number of aromatic nitrogens is 2. The Kier molecular flexibility index (Phi) is 4.48. The first-order valence-corrected chi connectivity index (χ1v) is 8.70. The van der Waals surface area contributed by atoms with Crippen LogP contribution in [0, 0.1) is 0 Å². The Balaban J connectivity index is 1.44. The molecular formula is C20H21N3O2. The Morgan fingerprint density at radius 3 is 2.92 bits per heavy atom. The summed E-state index contributed by atoms with van der Waals surface area (Å²) >= 11 is 0. The highest BCUT2D eigenvalue weighted by molar-refractivity contribution is 5.83. The van der Waals surface area contributed by atoms with Crippen LogP contribution in [-0.2, 0) is 16.0 Å². The molecule has 0 radical (unpaired) electrons. The molecule has 1 aromatic heterocycles. The summed E-state index contributed by atoms with van der Waals surface area (Å²) in [5, 5.41) is 2.96. The number of carbonyl (C=O) groups is 1. The van der Waals surface area contributed by atoms with Gasteiger partial charge < -0.3 is 15.0 Å². The third kappa shape index (κ3) is 3.72. The SMILES string of the molecule is O=C(Cc1ccc2nc(-c3ccccc3)[nH]c2c1)NCC1CCCO1. The van der Waals surface area contributed by atoms with Gasteiger partial charge in [0.05, 0.1) is 23.6 Å². The first-order chi connectivity index (χ1) is 12.3. The van der Waals surface area contributed by atoms with E-state index in [2.05, 4.69) is 15.3 Å². The first kappa shape index (κ1) is 15.8. The fraction of sp³-hybridized carbons (Fsp3) is 0.300. The summed E-state index contributed by atoms with van der Waals surface area (Å²) in [5.41, 5.74) is 3.88. The molecule has 128 valence electrons. The Morgan fingerprint density at radius 2 is 2.12 bits per heavy atom. The van der Waals surface area contributed by atoms with E-state index in [-0.39, 0.29) is 12.0 Å². The van der Waals surface area contributed by atoms with Gasteiger partial charge >= 0.3 is 0 Å². The highest BCUT2D eigenvalue weighted by atomic mass is 16.5. The summed E-state index contributed by atoms with van der Waals surface area (Å²) < 4.78 is 5.53. The van der Waals surface area contributed by atoms with Gasteiger partial charge in [-0.05, 0) is 30.5 Å². The van der Waals surface area contributed by atoms with Gasteiger partial charge in [-0.2, -0.15) is 0 Å². The van der Waals surface area contributed by atoms with Crippen molar-refractivity contribution in [2.45, 2.75) is 25.4 Å². The highest BCUT2D eigenvalue weighted by Gasteiger charge is 2.16. The van der Waals surface area contributed by atoms with Crippen molar-refractivity contribution < 1.29 is 9.53 Å². The van der Waals surface area contributed by atoms with Crippen molar-refractivity contribution >= 4 is 16.9 Å². The molecule has 5 heteroatoms. The Bertz CT molecular complexity index is 867. The second kappa shape index (κ2) is 7.07. The number of ether oxygens (including phenoxy) is 1. The molecule has 1 atom stereocenters. The number of nitrogens with zero attached hydrogens (tertiary/aromatic N) is 1. The molecule has 5 nitrogen and oxygen atoms in total. The van der Waals surface area contributed by atoms with Crippen LogP contribution in [0.25, 0.3) is 22.4 Å². The number of hydrogen-bond acceptors (Lipinski definition) is 3. The van der Waals surface area contributed by atoms with Crippen LogP contribution in [0.3, 0.4) is 0 Å². The molecule has 1 amide bonds. The molecule has 2 N–H and O–H groups in total. The maximum absolute atomic E-state index is 12.1. The van der Waals surface area contributed by atoms with Crippen molar-refractivity contribution in [3.8, 4) is 11.4 Å². The normalized spacial score (nSPS) is 17.0. The summed E-state index contributed by atoms with van der Waals surface area (Å²) in [7, 11) is 0.